The van der Waals surface area contributed by atoms with Crippen molar-refractivity contribution in [3.05, 3.63) is 28.4 Å². The first-order valence-electron chi connectivity index (χ1n) is 7.86. The molecule has 124 valence electrons. The van der Waals surface area contributed by atoms with Crippen LogP contribution in [0.25, 0.3) is 10.9 Å². The normalized spacial score (nSPS) is 22.0. The minimum Gasteiger partial charge on any atom is -0.394 e. The summed E-state index contributed by atoms with van der Waals surface area (Å²) in [5.41, 5.74) is 3.17. The van der Waals surface area contributed by atoms with Crippen LogP contribution in [0.3, 0.4) is 0 Å². The summed E-state index contributed by atoms with van der Waals surface area (Å²) in [6.07, 6.45) is 2.58. The predicted molar refractivity (Wildman–Crippen MR) is 95.7 cm³/mol. The number of hydrogen-bond acceptors (Lipinski definition) is 3. The van der Waals surface area contributed by atoms with E-state index in [2.05, 4.69) is 32.3 Å². The van der Waals surface area contributed by atoms with Gasteiger partial charge in [-0.3, -0.25) is 4.79 Å². The maximum absolute atomic E-state index is 12.7. The molecule has 0 fully saturated rings. The number of anilines is 1. The number of H-pyrrole nitrogens is 1. The molecule has 0 saturated heterocycles. The zero-order valence-corrected chi connectivity index (χ0v) is 15.1. The Morgan fingerprint density at radius 1 is 1.43 bits per heavy atom. The molecule has 1 aromatic heterocycles. The summed E-state index contributed by atoms with van der Waals surface area (Å²) in [5.74, 6) is 0.109. The highest BCUT2D eigenvalue weighted by Gasteiger charge is 2.32. The number of aromatic nitrogens is 1. The summed E-state index contributed by atoms with van der Waals surface area (Å²) >= 11 is 3.56. The molecule has 0 spiro atoms. The molecule has 6 heteroatoms. The van der Waals surface area contributed by atoms with Crippen LogP contribution in [0.4, 0.5) is 5.69 Å². The molecule has 5 nitrogen and oxygen atoms in total. The van der Waals surface area contributed by atoms with E-state index in [4.69, 9.17) is 0 Å². The summed E-state index contributed by atoms with van der Waals surface area (Å²) < 4.78 is 0.973. The fraction of sp³-hybridized carbons (Fsp3) is 0.471. The number of hydrogen-bond donors (Lipinski definition) is 3. The lowest BCUT2D eigenvalue weighted by Crippen LogP contribution is -2.52. The molecule has 23 heavy (non-hydrogen) atoms. The van der Waals surface area contributed by atoms with E-state index in [-0.39, 0.29) is 30.5 Å². The molecule has 1 aliphatic heterocycles. The van der Waals surface area contributed by atoms with Gasteiger partial charge in [0.25, 0.3) is 0 Å². The van der Waals surface area contributed by atoms with Gasteiger partial charge in [0, 0.05) is 34.3 Å². The lowest BCUT2D eigenvalue weighted by molar-refractivity contribution is -0.124. The van der Waals surface area contributed by atoms with Crippen LogP contribution >= 0.6 is 15.9 Å². The predicted octanol–water partition coefficient (Wildman–Crippen LogP) is 2.42. The molecule has 2 heterocycles. The lowest BCUT2D eigenvalue weighted by Gasteiger charge is -2.32. The second-order valence-electron chi connectivity index (χ2n) is 6.55. The van der Waals surface area contributed by atoms with E-state index in [1.807, 2.05) is 38.1 Å². The second kappa shape index (κ2) is 6.17. The van der Waals surface area contributed by atoms with Crippen LogP contribution in [0, 0.1) is 5.92 Å². The highest BCUT2D eigenvalue weighted by atomic mass is 79.9. The van der Waals surface area contributed by atoms with Gasteiger partial charge in [-0.05, 0) is 30.0 Å². The zero-order chi connectivity index (χ0) is 16.7. The number of carbonyl (C=O) groups excluding carboxylic acids is 1. The third-order valence-corrected chi connectivity index (χ3v) is 4.99. The van der Waals surface area contributed by atoms with Crippen molar-refractivity contribution in [1.29, 1.82) is 0 Å². The number of nitrogens with zero attached hydrogens (tertiary/aromatic N) is 1. The highest BCUT2D eigenvalue weighted by Crippen LogP contribution is 2.36. The van der Waals surface area contributed by atoms with E-state index in [1.54, 1.807) is 0 Å². The number of aliphatic hydroxyl groups excluding tert-OH is 1. The standard InChI is InChI=1S/C17H22BrN3O2/c1-9(2)16-17(23)20-12(8-22)4-10-7-19-13-5-11(18)6-14(15(10)13)21(16)3/h5-7,9,12,16,19,22H,4,8H2,1-3H3,(H,20,23)/t12-,16-/m0/s1. The van der Waals surface area contributed by atoms with Gasteiger partial charge < -0.3 is 20.3 Å². The van der Waals surface area contributed by atoms with Gasteiger partial charge in [0.15, 0.2) is 0 Å². The van der Waals surface area contributed by atoms with Crippen LogP contribution in [-0.2, 0) is 11.2 Å². The van der Waals surface area contributed by atoms with E-state index in [0.717, 1.165) is 26.6 Å². The minimum atomic E-state index is -0.289. The molecule has 2 atom stereocenters. The molecular weight excluding hydrogens is 358 g/mol. The number of likely N-dealkylation sites (N-methyl/N-ethyl adjacent to an activating group) is 1. The Labute approximate surface area is 144 Å². The molecule has 3 N–H and O–H groups in total. The third-order valence-electron chi connectivity index (χ3n) is 4.54. The van der Waals surface area contributed by atoms with E-state index in [0.29, 0.717) is 6.42 Å². The van der Waals surface area contributed by atoms with E-state index in [1.165, 1.54) is 0 Å². The average Bonchev–Trinajstić information content (AvgIpc) is 2.88. The molecule has 2 aromatic rings. The van der Waals surface area contributed by atoms with Crippen LogP contribution in [0.1, 0.15) is 19.4 Å². The summed E-state index contributed by atoms with van der Waals surface area (Å²) in [6, 6.07) is 3.54. The fourth-order valence-corrected chi connectivity index (χ4v) is 3.95. The molecular formula is C17H22BrN3O2. The van der Waals surface area contributed by atoms with Crippen molar-refractivity contribution in [3.63, 3.8) is 0 Å². The molecule has 0 radical (unpaired) electrons. The van der Waals surface area contributed by atoms with Crippen LogP contribution in [0.2, 0.25) is 0 Å². The van der Waals surface area contributed by atoms with Crippen molar-refractivity contribution >= 4 is 38.4 Å². The van der Waals surface area contributed by atoms with Crippen molar-refractivity contribution in [2.24, 2.45) is 5.92 Å². The Balaban J connectivity index is 2.24. The Kier molecular flexibility index (Phi) is 4.38. The smallest absolute Gasteiger partial charge is 0.243 e. The molecule has 0 unspecified atom stereocenters. The third kappa shape index (κ3) is 2.85. The number of rotatable bonds is 2. The van der Waals surface area contributed by atoms with Gasteiger partial charge in [0.2, 0.25) is 5.91 Å². The zero-order valence-electron chi connectivity index (χ0n) is 13.6. The number of nitrogens with one attached hydrogen (secondary N) is 2. The van der Waals surface area contributed by atoms with E-state index < -0.39 is 0 Å². The van der Waals surface area contributed by atoms with Gasteiger partial charge in [-0.25, -0.2) is 0 Å². The quantitative estimate of drug-likeness (QED) is 0.750. The van der Waals surface area contributed by atoms with Crippen LogP contribution in [0.15, 0.2) is 22.8 Å². The van der Waals surface area contributed by atoms with Gasteiger partial charge in [0.1, 0.15) is 6.04 Å². The SMILES string of the molecule is CC(C)[C@H]1C(=O)N[C@H](CO)Cc2c[nH]c3cc(Br)cc(c23)N1C. The minimum absolute atomic E-state index is 0.0381. The number of carbonyl (C=O) groups is 1. The van der Waals surface area contributed by atoms with Crippen LogP contribution < -0.4 is 10.2 Å². The van der Waals surface area contributed by atoms with Crippen molar-refractivity contribution in [2.45, 2.75) is 32.4 Å². The maximum atomic E-state index is 12.7. The van der Waals surface area contributed by atoms with Gasteiger partial charge in [-0.15, -0.1) is 0 Å². The molecule has 1 amide bonds. The van der Waals surface area contributed by atoms with Crippen LogP contribution in [0.5, 0.6) is 0 Å². The van der Waals surface area contributed by atoms with Crippen molar-refractivity contribution in [1.82, 2.24) is 10.3 Å². The first-order valence-corrected chi connectivity index (χ1v) is 8.65. The number of aliphatic hydroxyl groups is 1. The Bertz CT molecular complexity index is 741. The van der Waals surface area contributed by atoms with Gasteiger partial charge in [0.05, 0.1) is 12.6 Å². The van der Waals surface area contributed by atoms with Crippen molar-refractivity contribution in [3.8, 4) is 0 Å². The summed E-state index contributed by atoms with van der Waals surface area (Å²) in [6.45, 7) is 4.01. The summed E-state index contributed by atoms with van der Waals surface area (Å²) in [4.78, 5) is 18.1. The van der Waals surface area contributed by atoms with Crippen molar-refractivity contribution in [2.75, 3.05) is 18.6 Å². The largest absolute Gasteiger partial charge is 0.394 e. The van der Waals surface area contributed by atoms with Crippen molar-refractivity contribution < 1.29 is 9.90 Å². The summed E-state index contributed by atoms with van der Waals surface area (Å²) in [5, 5.41) is 13.8. The van der Waals surface area contributed by atoms with Gasteiger partial charge >= 0.3 is 0 Å². The molecule has 0 bridgehead atoms. The molecule has 0 aliphatic carbocycles. The maximum Gasteiger partial charge on any atom is 0.243 e. The average molecular weight is 380 g/mol. The monoisotopic (exact) mass is 379 g/mol. The molecule has 1 aromatic carbocycles. The summed E-state index contributed by atoms with van der Waals surface area (Å²) in [7, 11) is 1.96. The Hall–Kier alpha value is -1.53. The second-order valence-corrected chi connectivity index (χ2v) is 7.47. The number of halogens is 1. The number of amides is 1. The highest BCUT2D eigenvalue weighted by molar-refractivity contribution is 9.10. The molecule has 3 rings (SSSR count). The first kappa shape index (κ1) is 16.3. The lowest BCUT2D eigenvalue weighted by atomic mass is 10.0. The Morgan fingerprint density at radius 3 is 2.83 bits per heavy atom. The number of aromatic amines is 1. The molecule has 1 aliphatic rings. The van der Waals surface area contributed by atoms with E-state index in [9.17, 15) is 9.90 Å². The fourth-order valence-electron chi connectivity index (χ4n) is 3.51. The first-order chi connectivity index (χ1) is 10.9. The van der Waals surface area contributed by atoms with Gasteiger partial charge in [-0.1, -0.05) is 29.8 Å². The van der Waals surface area contributed by atoms with Gasteiger partial charge in [-0.2, -0.15) is 0 Å². The van der Waals surface area contributed by atoms with E-state index >= 15 is 0 Å². The Morgan fingerprint density at radius 2 is 2.17 bits per heavy atom. The van der Waals surface area contributed by atoms with Crippen LogP contribution in [-0.4, -0.2) is 41.7 Å². The number of benzene rings is 1. The topological polar surface area (TPSA) is 68.4 Å². The molecule has 0 saturated carbocycles.